The second kappa shape index (κ2) is 7.72. The van der Waals surface area contributed by atoms with E-state index in [1.165, 1.54) is 0 Å². The second-order valence-corrected chi connectivity index (χ2v) is 7.38. The molecule has 19 heavy (non-hydrogen) atoms. The first-order chi connectivity index (χ1) is 9.00. The normalized spacial score (nSPS) is 22.7. The molecule has 0 bridgehead atoms. The van der Waals surface area contributed by atoms with Gasteiger partial charge >= 0.3 is 0 Å². The lowest BCUT2D eigenvalue weighted by atomic mass is 10.0. The van der Waals surface area contributed by atoms with Gasteiger partial charge in [-0.15, -0.1) is 0 Å². The van der Waals surface area contributed by atoms with E-state index in [2.05, 4.69) is 29.5 Å². The minimum Gasteiger partial charge on any atom is -0.357 e. The molecule has 0 radical (unpaired) electrons. The van der Waals surface area contributed by atoms with Crippen molar-refractivity contribution in [2.24, 2.45) is 10.9 Å². The van der Waals surface area contributed by atoms with Crippen molar-refractivity contribution < 1.29 is 8.42 Å². The molecule has 1 heterocycles. The average Bonchev–Trinajstić information content (AvgIpc) is 2.70. The zero-order valence-electron chi connectivity index (χ0n) is 12.3. The molecule has 1 aliphatic rings. The van der Waals surface area contributed by atoms with Gasteiger partial charge in [0.15, 0.2) is 15.8 Å². The topological polar surface area (TPSA) is 70.6 Å². The molecule has 0 aromatic rings. The summed E-state index contributed by atoms with van der Waals surface area (Å²) in [7, 11) is -2.84. The fourth-order valence-corrected chi connectivity index (χ4v) is 3.86. The van der Waals surface area contributed by atoms with Gasteiger partial charge in [0.1, 0.15) is 0 Å². The SMILES string of the molecule is CCNC(=NCC(CC)CC)NC1CCS(=O)(=O)C1. The third kappa shape index (κ3) is 5.80. The Morgan fingerprint density at radius 1 is 1.32 bits per heavy atom. The van der Waals surface area contributed by atoms with E-state index in [9.17, 15) is 8.42 Å². The number of aliphatic imine (C=N–C) groups is 1. The van der Waals surface area contributed by atoms with Gasteiger partial charge in [0.05, 0.1) is 11.5 Å². The summed E-state index contributed by atoms with van der Waals surface area (Å²) < 4.78 is 22.9. The maximum atomic E-state index is 11.4. The molecular weight excluding hydrogens is 262 g/mol. The van der Waals surface area contributed by atoms with E-state index in [1.54, 1.807) is 0 Å². The zero-order valence-corrected chi connectivity index (χ0v) is 13.1. The van der Waals surface area contributed by atoms with Gasteiger partial charge in [-0.25, -0.2) is 8.42 Å². The Bertz CT molecular complexity index is 389. The molecule has 1 atom stereocenters. The zero-order chi connectivity index (χ0) is 14.3. The smallest absolute Gasteiger partial charge is 0.191 e. The van der Waals surface area contributed by atoms with Gasteiger partial charge in [0.2, 0.25) is 0 Å². The van der Waals surface area contributed by atoms with Crippen LogP contribution in [-0.2, 0) is 9.84 Å². The average molecular weight is 289 g/mol. The molecule has 0 aromatic carbocycles. The molecule has 6 heteroatoms. The van der Waals surface area contributed by atoms with Gasteiger partial charge in [-0.1, -0.05) is 26.7 Å². The van der Waals surface area contributed by atoms with Crippen molar-refractivity contribution in [2.45, 2.75) is 46.1 Å². The van der Waals surface area contributed by atoms with E-state index in [0.717, 1.165) is 31.9 Å². The minimum absolute atomic E-state index is 0.00417. The van der Waals surface area contributed by atoms with E-state index < -0.39 is 9.84 Å². The van der Waals surface area contributed by atoms with Crippen LogP contribution in [0.15, 0.2) is 4.99 Å². The molecule has 1 aliphatic heterocycles. The van der Waals surface area contributed by atoms with Crippen molar-refractivity contribution >= 4 is 15.8 Å². The van der Waals surface area contributed by atoms with E-state index in [1.807, 2.05) is 6.92 Å². The first-order valence-electron chi connectivity index (χ1n) is 7.26. The Labute approximate surface area is 117 Å². The van der Waals surface area contributed by atoms with Crippen LogP contribution in [0.1, 0.15) is 40.0 Å². The largest absolute Gasteiger partial charge is 0.357 e. The Balaban J connectivity index is 2.55. The van der Waals surface area contributed by atoms with Gasteiger partial charge in [0.25, 0.3) is 0 Å². The Hall–Kier alpha value is -0.780. The lowest BCUT2D eigenvalue weighted by Gasteiger charge is -2.17. The van der Waals surface area contributed by atoms with Crippen LogP contribution in [0, 0.1) is 5.92 Å². The standard InChI is InChI=1S/C13H27N3O2S/c1-4-11(5-2)9-15-13(14-6-3)16-12-7-8-19(17,18)10-12/h11-12H,4-10H2,1-3H3,(H2,14,15,16). The monoisotopic (exact) mass is 289 g/mol. The number of sulfone groups is 1. The van der Waals surface area contributed by atoms with Crippen LogP contribution in [-0.4, -0.2) is 45.0 Å². The maximum absolute atomic E-state index is 11.4. The van der Waals surface area contributed by atoms with Crippen LogP contribution in [0.5, 0.6) is 0 Å². The molecular formula is C13H27N3O2S. The third-order valence-electron chi connectivity index (χ3n) is 3.58. The second-order valence-electron chi connectivity index (χ2n) is 5.15. The quantitative estimate of drug-likeness (QED) is 0.569. The summed E-state index contributed by atoms with van der Waals surface area (Å²) in [6, 6.07) is 0.00417. The van der Waals surface area contributed by atoms with E-state index >= 15 is 0 Å². The van der Waals surface area contributed by atoms with Crippen LogP contribution < -0.4 is 10.6 Å². The fourth-order valence-electron chi connectivity index (χ4n) is 2.19. The summed E-state index contributed by atoms with van der Waals surface area (Å²) in [5.41, 5.74) is 0. The van der Waals surface area contributed by atoms with Crippen molar-refractivity contribution in [3.63, 3.8) is 0 Å². The predicted molar refractivity (Wildman–Crippen MR) is 80.2 cm³/mol. The van der Waals surface area contributed by atoms with Crippen molar-refractivity contribution in [3.05, 3.63) is 0 Å². The first kappa shape index (κ1) is 16.3. The van der Waals surface area contributed by atoms with Crippen molar-refractivity contribution in [1.82, 2.24) is 10.6 Å². The summed E-state index contributed by atoms with van der Waals surface area (Å²) in [5, 5.41) is 6.42. The summed E-state index contributed by atoms with van der Waals surface area (Å²) in [6.07, 6.45) is 2.92. The highest BCUT2D eigenvalue weighted by atomic mass is 32.2. The molecule has 0 aliphatic carbocycles. The highest BCUT2D eigenvalue weighted by Gasteiger charge is 2.28. The highest BCUT2D eigenvalue weighted by molar-refractivity contribution is 7.91. The number of nitrogens with zero attached hydrogens (tertiary/aromatic N) is 1. The van der Waals surface area contributed by atoms with Crippen LogP contribution in [0.25, 0.3) is 0 Å². The van der Waals surface area contributed by atoms with Gasteiger partial charge in [0, 0.05) is 19.1 Å². The lowest BCUT2D eigenvalue weighted by Crippen LogP contribution is -2.44. The Morgan fingerprint density at radius 3 is 2.47 bits per heavy atom. The number of nitrogens with one attached hydrogen (secondary N) is 2. The van der Waals surface area contributed by atoms with Crippen molar-refractivity contribution in [2.75, 3.05) is 24.6 Å². The Morgan fingerprint density at radius 2 is 2.00 bits per heavy atom. The van der Waals surface area contributed by atoms with Crippen molar-refractivity contribution in [1.29, 1.82) is 0 Å². The van der Waals surface area contributed by atoms with Gasteiger partial charge < -0.3 is 10.6 Å². The predicted octanol–water partition coefficient (Wildman–Crippen LogP) is 1.16. The van der Waals surface area contributed by atoms with Gasteiger partial charge in [-0.05, 0) is 19.3 Å². The van der Waals surface area contributed by atoms with E-state index in [-0.39, 0.29) is 17.5 Å². The molecule has 1 saturated heterocycles. The van der Waals surface area contributed by atoms with E-state index in [4.69, 9.17) is 0 Å². The number of hydrogen-bond donors (Lipinski definition) is 2. The fraction of sp³-hybridized carbons (Fsp3) is 0.923. The molecule has 0 aromatic heterocycles. The number of guanidine groups is 1. The van der Waals surface area contributed by atoms with Crippen LogP contribution in [0.2, 0.25) is 0 Å². The van der Waals surface area contributed by atoms with Crippen molar-refractivity contribution in [3.8, 4) is 0 Å². The molecule has 0 spiro atoms. The molecule has 0 amide bonds. The maximum Gasteiger partial charge on any atom is 0.191 e. The lowest BCUT2D eigenvalue weighted by molar-refractivity contribution is 0.503. The molecule has 1 unspecified atom stereocenters. The summed E-state index contributed by atoms with van der Waals surface area (Å²) in [6.45, 7) is 7.94. The summed E-state index contributed by atoms with van der Waals surface area (Å²) in [4.78, 5) is 4.57. The molecule has 5 nitrogen and oxygen atoms in total. The van der Waals surface area contributed by atoms with Crippen LogP contribution in [0.3, 0.4) is 0 Å². The minimum atomic E-state index is -2.84. The number of rotatable bonds is 6. The van der Waals surface area contributed by atoms with Crippen LogP contribution >= 0.6 is 0 Å². The molecule has 1 rings (SSSR count). The van der Waals surface area contributed by atoms with Crippen LogP contribution in [0.4, 0.5) is 0 Å². The molecule has 112 valence electrons. The highest BCUT2D eigenvalue weighted by Crippen LogP contribution is 2.11. The van der Waals surface area contributed by atoms with E-state index in [0.29, 0.717) is 12.3 Å². The van der Waals surface area contributed by atoms with Gasteiger partial charge in [-0.2, -0.15) is 0 Å². The summed E-state index contributed by atoms with van der Waals surface area (Å²) in [5.74, 6) is 1.86. The number of hydrogen-bond acceptors (Lipinski definition) is 3. The molecule has 2 N–H and O–H groups in total. The molecule has 0 saturated carbocycles. The Kier molecular flexibility index (Phi) is 6.62. The third-order valence-corrected chi connectivity index (χ3v) is 5.35. The van der Waals surface area contributed by atoms with Gasteiger partial charge in [-0.3, -0.25) is 4.99 Å². The molecule has 1 fully saturated rings. The summed E-state index contributed by atoms with van der Waals surface area (Å²) >= 11 is 0. The first-order valence-corrected chi connectivity index (χ1v) is 9.08.